The number of nitriles is 1. The molecule has 2 heterocycles. The molecule has 0 aliphatic rings. The average Bonchev–Trinajstić information content (AvgIpc) is 3.04. The number of nitrogens with one attached hydrogen (secondary N) is 1. The van der Waals surface area contributed by atoms with Crippen molar-refractivity contribution in [1.82, 2.24) is 15.3 Å². The summed E-state index contributed by atoms with van der Waals surface area (Å²) < 4.78 is 5.27. The lowest BCUT2D eigenvalue weighted by molar-refractivity contribution is -0.118. The van der Waals surface area contributed by atoms with Gasteiger partial charge in [-0.1, -0.05) is 17.8 Å². The molecule has 6 nitrogen and oxygen atoms in total. The standard InChI is InChI=1S/C15H14N4O2S/c1-3-6-17-13(20)9-22-15-11(8-16)10(2)18-14(19-15)12-5-4-7-21-12/h3-5,7H,1,6,9H2,2H3,(H,17,20). The minimum atomic E-state index is -0.149. The molecule has 2 rings (SSSR count). The number of thioether (sulfide) groups is 1. The van der Waals surface area contributed by atoms with Gasteiger partial charge in [0.25, 0.3) is 0 Å². The number of amides is 1. The molecular formula is C15H14N4O2S. The Bertz CT molecular complexity index is 720. The van der Waals surface area contributed by atoms with E-state index < -0.39 is 0 Å². The molecule has 0 aromatic carbocycles. The van der Waals surface area contributed by atoms with Crippen molar-refractivity contribution in [2.24, 2.45) is 0 Å². The number of aryl methyl sites for hydroxylation is 1. The molecular weight excluding hydrogens is 300 g/mol. The predicted octanol–water partition coefficient (Wildman–Crippen LogP) is 2.31. The van der Waals surface area contributed by atoms with Crippen molar-refractivity contribution in [2.45, 2.75) is 11.9 Å². The first kappa shape index (κ1) is 15.8. The van der Waals surface area contributed by atoms with Crippen molar-refractivity contribution in [3.63, 3.8) is 0 Å². The highest BCUT2D eigenvalue weighted by Crippen LogP contribution is 2.25. The maximum absolute atomic E-state index is 11.6. The Morgan fingerprint density at radius 3 is 3.05 bits per heavy atom. The van der Waals surface area contributed by atoms with E-state index in [-0.39, 0.29) is 11.7 Å². The minimum absolute atomic E-state index is 0.149. The molecule has 7 heteroatoms. The normalized spacial score (nSPS) is 10.0. The molecule has 22 heavy (non-hydrogen) atoms. The number of carbonyl (C=O) groups is 1. The summed E-state index contributed by atoms with van der Waals surface area (Å²) in [5, 5.41) is 12.4. The molecule has 1 N–H and O–H groups in total. The molecule has 0 aliphatic heterocycles. The third-order valence-electron chi connectivity index (χ3n) is 2.69. The smallest absolute Gasteiger partial charge is 0.230 e. The molecule has 0 saturated carbocycles. The van der Waals surface area contributed by atoms with Crippen LogP contribution in [0.1, 0.15) is 11.3 Å². The number of carbonyl (C=O) groups excluding carboxylic acids is 1. The summed E-state index contributed by atoms with van der Waals surface area (Å²) in [4.78, 5) is 20.3. The molecule has 0 saturated heterocycles. The Hall–Kier alpha value is -2.59. The van der Waals surface area contributed by atoms with Crippen molar-refractivity contribution in [1.29, 1.82) is 5.26 Å². The Morgan fingerprint density at radius 1 is 1.59 bits per heavy atom. The summed E-state index contributed by atoms with van der Waals surface area (Å²) in [5.41, 5.74) is 0.926. The fourth-order valence-electron chi connectivity index (χ4n) is 1.67. The molecule has 0 radical (unpaired) electrons. The van der Waals surface area contributed by atoms with Crippen LogP contribution in [0.4, 0.5) is 0 Å². The zero-order valence-corrected chi connectivity index (χ0v) is 12.8. The van der Waals surface area contributed by atoms with Gasteiger partial charge in [0.15, 0.2) is 11.6 Å². The first-order valence-electron chi connectivity index (χ1n) is 6.48. The van der Waals surface area contributed by atoms with Crippen LogP contribution in [-0.2, 0) is 4.79 Å². The topological polar surface area (TPSA) is 91.8 Å². The fraction of sp³-hybridized carbons (Fsp3) is 0.200. The first-order chi connectivity index (χ1) is 10.7. The summed E-state index contributed by atoms with van der Waals surface area (Å²) in [6, 6.07) is 5.56. The van der Waals surface area contributed by atoms with E-state index in [1.54, 1.807) is 25.1 Å². The molecule has 0 spiro atoms. The van der Waals surface area contributed by atoms with Gasteiger partial charge < -0.3 is 9.73 Å². The van der Waals surface area contributed by atoms with E-state index in [1.807, 2.05) is 0 Å². The van der Waals surface area contributed by atoms with Crippen molar-refractivity contribution >= 4 is 17.7 Å². The van der Waals surface area contributed by atoms with Crippen molar-refractivity contribution in [3.8, 4) is 17.7 Å². The maximum Gasteiger partial charge on any atom is 0.230 e. The maximum atomic E-state index is 11.6. The van der Waals surface area contributed by atoms with Crippen LogP contribution in [0.25, 0.3) is 11.6 Å². The number of rotatable bonds is 6. The molecule has 2 aromatic heterocycles. The lowest BCUT2D eigenvalue weighted by atomic mass is 10.2. The number of aromatic nitrogens is 2. The number of nitrogens with zero attached hydrogens (tertiary/aromatic N) is 3. The molecule has 1 amide bonds. The molecule has 0 atom stereocenters. The summed E-state index contributed by atoms with van der Waals surface area (Å²) in [7, 11) is 0. The molecule has 0 unspecified atom stereocenters. The third kappa shape index (κ3) is 3.74. The van der Waals surface area contributed by atoms with Gasteiger partial charge in [-0.15, -0.1) is 6.58 Å². The zero-order chi connectivity index (χ0) is 15.9. The van der Waals surface area contributed by atoms with Gasteiger partial charge in [0.2, 0.25) is 5.91 Å². The van der Waals surface area contributed by atoms with Gasteiger partial charge in [0.05, 0.1) is 17.7 Å². The Kier molecular flexibility index (Phi) is 5.33. The SMILES string of the molecule is C=CCNC(=O)CSc1nc(-c2ccco2)nc(C)c1C#N. The van der Waals surface area contributed by atoms with Crippen LogP contribution in [0.15, 0.2) is 40.5 Å². The molecule has 2 aromatic rings. The van der Waals surface area contributed by atoms with Crippen LogP contribution >= 0.6 is 11.8 Å². The van der Waals surface area contributed by atoms with Crippen LogP contribution < -0.4 is 5.32 Å². The third-order valence-corrected chi connectivity index (χ3v) is 3.67. The van der Waals surface area contributed by atoms with Gasteiger partial charge in [-0.2, -0.15) is 5.26 Å². The van der Waals surface area contributed by atoms with Crippen LogP contribution in [0.5, 0.6) is 0 Å². The van der Waals surface area contributed by atoms with Gasteiger partial charge in [-0.3, -0.25) is 4.79 Å². The monoisotopic (exact) mass is 314 g/mol. The van der Waals surface area contributed by atoms with Crippen LogP contribution in [0, 0.1) is 18.3 Å². The highest BCUT2D eigenvalue weighted by atomic mass is 32.2. The predicted molar refractivity (Wildman–Crippen MR) is 83.1 cm³/mol. The summed E-state index contributed by atoms with van der Waals surface area (Å²) in [5.74, 6) is 0.932. The van der Waals surface area contributed by atoms with E-state index in [0.29, 0.717) is 34.4 Å². The summed E-state index contributed by atoms with van der Waals surface area (Å²) in [6.07, 6.45) is 3.13. The average molecular weight is 314 g/mol. The van der Waals surface area contributed by atoms with Crippen molar-refractivity contribution < 1.29 is 9.21 Å². The van der Waals surface area contributed by atoms with E-state index in [1.165, 1.54) is 18.0 Å². The molecule has 0 aliphatic carbocycles. The highest BCUT2D eigenvalue weighted by Gasteiger charge is 2.15. The Labute approximate surface area is 132 Å². The van der Waals surface area contributed by atoms with Gasteiger partial charge in [0.1, 0.15) is 16.7 Å². The van der Waals surface area contributed by atoms with Crippen LogP contribution in [0.3, 0.4) is 0 Å². The lowest BCUT2D eigenvalue weighted by Gasteiger charge is -2.07. The number of furan rings is 1. The second-order valence-corrected chi connectivity index (χ2v) is 5.25. The van der Waals surface area contributed by atoms with E-state index in [4.69, 9.17) is 4.42 Å². The zero-order valence-electron chi connectivity index (χ0n) is 12.0. The fourth-order valence-corrected chi connectivity index (χ4v) is 2.53. The second-order valence-electron chi connectivity index (χ2n) is 4.28. The van der Waals surface area contributed by atoms with Gasteiger partial charge >= 0.3 is 0 Å². The van der Waals surface area contributed by atoms with Gasteiger partial charge in [0, 0.05) is 6.54 Å². The lowest BCUT2D eigenvalue weighted by Crippen LogP contribution is -2.25. The second kappa shape index (κ2) is 7.43. The largest absolute Gasteiger partial charge is 0.461 e. The minimum Gasteiger partial charge on any atom is -0.461 e. The summed E-state index contributed by atoms with van der Waals surface area (Å²) in [6.45, 7) is 5.67. The Balaban J connectivity index is 2.23. The van der Waals surface area contributed by atoms with E-state index >= 15 is 0 Å². The van der Waals surface area contributed by atoms with Gasteiger partial charge in [-0.05, 0) is 19.1 Å². The summed E-state index contributed by atoms with van der Waals surface area (Å²) >= 11 is 1.19. The Morgan fingerprint density at radius 2 is 2.41 bits per heavy atom. The first-order valence-corrected chi connectivity index (χ1v) is 7.47. The van der Waals surface area contributed by atoms with Gasteiger partial charge in [-0.25, -0.2) is 9.97 Å². The molecule has 112 valence electrons. The number of hydrogen-bond acceptors (Lipinski definition) is 6. The van der Waals surface area contributed by atoms with E-state index in [0.717, 1.165) is 0 Å². The molecule has 0 fully saturated rings. The van der Waals surface area contributed by atoms with Crippen molar-refractivity contribution in [2.75, 3.05) is 12.3 Å². The quantitative estimate of drug-likeness (QED) is 0.500. The number of hydrogen-bond donors (Lipinski definition) is 1. The molecule has 0 bridgehead atoms. The van der Waals surface area contributed by atoms with Crippen LogP contribution in [-0.4, -0.2) is 28.2 Å². The van der Waals surface area contributed by atoms with Crippen molar-refractivity contribution in [3.05, 3.63) is 42.3 Å². The van der Waals surface area contributed by atoms with Crippen LogP contribution in [0.2, 0.25) is 0 Å². The van der Waals surface area contributed by atoms with E-state index in [2.05, 4.69) is 27.9 Å². The van der Waals surface area contributed by atoms with E-state index in [9.17, 15) is 10.1 Å². The highest BCUT2D eigenvalue weighted by molar-refractivity contribution is 8.00.